The van der Waals surface area contributed by atoms with Crippen LogP contribution in [0.3, 0.4) is 0 Å². The molecule has 3 aliphatic heterocycles. The Morgan fingerprint density at radius 2 is 1.65 bits per heavy atom. The van der Waals surface area contributed by atoms with Crippen LogP contribution in [-0.4, -0.2) is 102 Å². The van der Waals surface area contributed by atoms with Gasteiger partial charge in [-0.25, -0.2) is 0 Å². The Kier molecular flexibility index (Phi) is 14.3. The van der Waals surface area contributed by atoms with Crippen LogP contribution in [0.5, 0.6) is 0 Å². The van der Waals surface area contributed by atoms with Crippen molar-refractivity contribution in [3.63, 3.8) is 0 Å². The highest BCUT2D eigenvalue weighted by Gasteiger charge is 2.76. The van der Waals surface area contributed by atoms with Crippen LogP contribution in [0.4, 0.5) is 0 Å². The quantitative estimate of drug-likeness (QED) is 0.0499. The highest BCUT2D eigenvalue weighted by molar-refractivity contribution is 7.15. The molecule has 78 heavy (non-hydrogen) atoms. The summed E-state index contributed by atoms with van der Waals surface area (Å²) in [5.41, 5.74) is 7.20. The average Bonchev–Trinajstić information content (AvgIpc) is 2.66. The molecule has 10 unspecified atom stereocenters. The number of thiophene rings is 1. The molecule has 5 aromatic rings. The monoisotopic (exact) mass is 1100 g/mol. The number of ether oxygens (including phenoxy) is 5. The minimum Gasteiger partial charge on any atom is -0.469 e. The molecule has 2 aromatic carbocycles. The normalized spacial score (nSPS) is 28.3. The zero-order valence-electron chi connectivity index (χ0n) is 45.4. The van der Waals surface area contributed by atoms with Crippen LogP contribution in [0.15, 0.2) is 106 Å². The van der Waals surface area contributed by atoms with E-state index < -0.39 is 34.5 Å². The summed E-state index contributed by atoms with van der Waals surface area (Å²) in [6, 6.07) is 16.5. The van der Waals surface area contributed by atoms with Gasteiger partial charge < -0.3 is 33.4 Å². The van der Waals surface area contributed by atoms with E-state index in [4.69, 9.17) is 44.7 Å². The first-order chi connectivity index (χ1) is 37.4. The fourth-order valence-electron chi connectivity index (χ4n) is 14.1. The standard InChI is InChI=1S/C61H66ClN5O10S/c1-32-20-22-59(6)53-52(77-58(59)71)54-61(8,46(60(32,53)7)31-47(69)72-9)49-34(3)43(30-45(49)76-54)42-21-25-75-51(42)38-12-14-39(15-13-38)56(70)63-23-26-74-28-27-73-24-10-11-41(68)29-44-55-66-65-36(5)67(55)57-48(33(2)35(4)78-57)50(64-44)37-16-18-40(62)19-17-37/h12-22,25,43-46,52-54H,1,10-11,23-24,26-31H2,2-9H3,(H,63,70). The van der Waals surface area contributed by atoms with Crippen molar-refractivity contribution in [2.75, 3.05) is 40.1 Å². The highest BCUT2D eigenvalue weighted by atomic mass is 35.5. The summed E-state index contributed by atoms with van der Waals surface area (Å²) < 4.78 is 38.5. The molecule has 15 nitrogen and oxygen atoms in total. The molecule has 1 N–H and O–H groups in total. The minimum atomic E-state index is -0.871. The van der Waals surface area contributed by atoms with Crippen LogP contribution in [0.25, 0.3) is 16.3 Å². The molecule has 6 aliphatic rings. The van der Waals surface area contributed by atoms with Crippen molar-refractivity contribution in [1.82, 2.24) is 20.1 Å². The molecule has 3 aliphatic carbocycles. The number of hydrogen-bond acceptors (Lipinski definition) is 14. The number of aliphatic imine (C=N–C) groups is 1. The van der Waals surface area contributed by atoms with E-state index in [-0.39, 0.29) is 60.3 Å². The highest BCUT2D eigenvalue weighted by Crippen LogP contribution is 2.73. The second-order valence-electron chi connectivity index (χ2n) is 22.3. The van der Waals surface area contributed by atoms with Gasteiger partial charge in [-0.1, -0.05) is 74.0 Å². The number of aryl methyl sites for hydroxylation is 2. The molecule has 10 atom stereocenters. The predicted molar refractivity (Wildman–Crippen MR) is 295 cm³/mol. The van der Waals surface area contributed by atoms with Crippen molar-refractivity contribution in [2.24, 2.45) is 33.1 Å². The molecular weight excluding hydrogens is 1030 g/mol. The summed E-state index contributed by atoms with van der Waals surface area (Å²) in [5.74, 6) is 0.765. The number of furan rings is 1. The predicted octanol–water partition coefficient (Wildman–Crippen LogP) is 10.7. The number of Topliss-reactive ketones (excluding diaryl/α,β-unsaturated/α-hetero) is 1. The van der Waals surface area contributed by atoms with Crippen LogP contribution < -0.4 is 5.32 Å². The average molecular weight is 1100 g/mol. The van der Waals surface area contributed by atoms with Gasteiger partial charge in [0.1, 0.15) is 40.6 Å². The first-order valence-corrected chi connectivity index (χ1v) is 28.1. The molecule has 2 saturated heterocycles. The fraction of sp³-hybridized carbons (Fsp3) is 0.459. The molecular formula is C61H66ClN5O10S. The third-order valence-corrected chi connectivity index (χ3v) is 19.5. The molecule has 11 rings (SSSR count). The van der Waals surface area contributed by atoms with Gasteiger partial charge in [-0.15, -0.1) is 21.5 Å². The lowest BCUT2D eigenvalue weighted by Crippen LogP contribution is -2.64. The number of ketones is 1. The molecule has 3 fully saturated rings. The molecule has 17 heteroatoms. The van der Waals surface area contributed by atoms with E-state index in [0.29, 0.717) is 74.4 Å². The lowest BCUT2D eigenvalue weighted by molar-refractivity contribution is -0.180. The number of fused-ring (bicyclic) bond motifs is 7. The number of nitrogens with zero attached hydrogens (tertiary/aromatic N) is 4. The van der Waals surface area contributed by atoms with E-state index in [0.717, 1.165) is 61.1 Å². The number of esters is 2. The summed E-state index contributed by atoms with van der Waals surface area (Å²) in [6.07, 6.45) is 6.22. The number of benzene rings is 2. The second kappa shape index (κ2) is 20.7. The van der Waals surface area contributed by atoms with Gasteiger partial charge >= 0.3 is 11.9 Å². The number of carbonyl (C=O) groups excluding carboxylic acids is 4. The van der Waals surface area contributed by atoms with E-state index in [9.17, 15) is 19.2 Å². The summed E-state index contributed by atoms with van der Waals surface area (Å²) in [4.78, 5) is 60.1. The molecule has 1 amide bonds. The fourth-order valence-corrected chi connectivity index (χ4v) is 15.5. The molecule has 408 valence electrons. The Morgan fingerprint density at radius 1 is 0.923 bits per heavy atom. The van der Waals surface area contributed by atoms with Gasteiger partial charge in [-0.05, 0) is 100 Å². The van der Waals surface area contributed by atoms with Crippen LogP contribution in [0.1, 0.15) is 121 Å². The molecule has 3 aromatic heterocycles. The molecule has 0 bridgehead atoms. The first kappa shape index (κ1) is 53.7. The van der Waals surface area contributed by atoms with Gasteiger partial charge in [0.2, 0.25) is 0 Å². The number of aromatic nitrogens is 3. The Balaban J connectivity index is 0.656. The maximum atomic E-state index is 13.7. The number of hydrogen-bond donors (Lipinski definition) is 1. The van der Waals surface area contributed by atoms with Gasteiger partial charge in [0.05, 0.1) is 56.8 Å². The number of rotatable bonds is 18. The van der Waals surface area contributed by atoms with Gasteiger partial charge in [-0.3, -0.25) is 28.7 Å². The topological polar surface area (TPSA) is 183 Å². The number of amides is 1. The van der Waals surface area contributed by atoms with Crippen LogP contribution >= 0.6 is 22.9 Å². The van der Waals surface area contributed by atoms with Crippen molar-refractivity contribution in [3.8, 4) is 16.3 Å². The van der Waals surface area contributed by atoms with Crippen molar-refractivity contribution in [1.29, 1.82) is 0 Å². The molecule has 1 saturated carbocycles. The summed E-state index contributed by atoms with van der Waals surface area (Å²) in [6.45, 7) is 20.8. The largest absolute Gasteiger partial charge is 0.469 e. The number of methoxy groups -OCH3 is 1. The third kappa shape index (κ3) is 8.77. The van der Waals surface area contributed by atoms with Gasteiger partial charge in [-0.2, -0.15) is 0 Å². The smallest absolute Gasteiger partial charge is 0.316 e. The number of carbonyl (C=O) groups is 4. The Hall–Kier alpha value is -6.30. The van der Waals surface area contributed by atoms with E-state index in [2.05, 4.69) is 61.3 Å². The van der Waals surface area contributed by atoms with Crippen molar-refractivity contribution < 1.29 is 47.3 Å². The second-order valence-corrected chi connectivity index (χ2v) is 24.0. The van der Waals surface area contributed by atoms with Gasteiger partial charge in [0.25, 0.3) is 5.91 Å². The van der Waals surface area contributed by atoms with E-state index in [1.807, 2.05) is 68.5 Å². The maximum absolute atomic E-state index is 13.7. The van der Waals surface area contributed by atoms with Gasteiger partial charge in [0, 0.05) is 86.4 Å². The Bertz CT molecular complexity index is 3330. The lowest BCUT2D eigenvalue weighted by Gasteiger charge is -2.60. The van der Waals surface area contributed by atoms with Crippen molar-refractivity contribution >= 4 is 52.3 Å². The molecule has 0 spiro atoms. The third-order valence-electron chi connectivity index (χ3n) is 18.1. The van der Waals surface area contributed by atoms with E-state index >= 15 is 0 Å². The number of nitrogens with one attached hydrogen (secondary N) is 1. The van der Waals surface area contributed by atoms with Crippen LogP contribution in [-0.2, 0) is 38.1 Å². The minimum absolute atomic E-state index is 0.0440. The van der Waals surface area contributed by atoms with E-state index in [1.165, 1.54) is 12.0 Å². The summed E-state index contributed by atoms with van der Waals surface area (Å²) >= 11 is 7.94. The number of halogens is 1. The zero-order valence-corrected chi connectivity index (χ0v) is 47.0. The first-order valence-electron chi connectivity index (χ1n) is 26.9. The van der Waals surface area contributed by atoms with Gasteiger partial charge in [0.15, 0.2) is 5.82 Å². The summed E-state index contributed by atoms with van der Waals surface area (Å²) in [5, 5.41) is 13.5. The zero-order chi connectivity index (χ0) is 55.0. The Labute approximate surface area is 463 Å². The van der Waals surface area contributed by atoms with Crippen molar-refractivity contribution in [2.45, 2.75) is 111 Å². The van der Waals surface area contributed by atoms with Crippen LogP contribution in [0.2, 0.25) is 5.02 Å². The van der Waals surface area contributed by atoms with Crippen LogP contribution in [0, 0.1) is 48.9 Å². The van der Waals surface area contributed by atoms with E-state index in [1.54, 1.807) is 29.7 Å². The molecule has 6 heterocycles. The Morgan fingerprint density at radius 3 is 2.40 bits per heavy atom. The summed E-state index contributed by atoms with van der Waals surface area (Å²) in [7, 11) is 1.42. The lowest BCUT2D eigenvalue weighted by atomic mass is 9.41. The number of allylic oxidation sites excluding steroid dienone is 3. The van der Waals surface area contributed by atoms with Crippen molar-refractivity contribution in [3.05, 3.63) is 146 Å². The molecule has 0 radical (unpaired) electrons. The SMILES string of the molecule is C=C1C=CC2(C)C(=O)OC3C4OC5CC(c6ccoc6-c6ccc(C(=O)NCCOCCOCCCC(=O)CC7N=C(c8ccc(Cl)cc8)c8c(sc(C)c8C)-n8c(C)nnc87)cc6)C(C)=C5C4(C)C(CC(=O)OC)C1(C)C32. The maximum Gasteiger partial charge on any atom is 0.316 e.